The minimum absolute atomic E-state index is 0.352. The predicted octanol–water partition coefficient (Wildman–Crippen LogP) is 1.90. The number of nitrogens with zero attached hydrogens (tertiary/aromatic N) is 1. The van der Waals surface area contributed by atoms with Crippen LogP contribution in [-0.4, -0.2) is 18.5 Å². The Morgan fingerprint density at radius 3 is 2.39 bits per heavy atom. The van der Waals surface area contributed by atoms with E-state index in [9.17, 15) is 27.2 Å². The highest BCUT2D eigenvalue weighted by atomic mass is 19.4. The summed E-state index contributed by atoms with van der Waals surface area (Å²) in [5.41, 5.74) is -1.84. The molecule has 0 aromatic heterocycles. The number of hydrogen-bond acceptors (Lipinski definition) is 2. The van der Waals surface area contributed by atoms with Crippen molar-refractivity contribution in [1.82, 2.24) is 5.32 Å². The van der Waals surface area contributed by atoms with Gasteiger partial charge in [0.05, 0.1) is 17.8 Å². The van der Waals surface area contributed by atoms with Crippen molar-refractivity contribution in [3.63, 3.8) is 0 Å². The summed E-state index contributed by atoms with van der Waals surface area (Å²) in [7, 11) is 0. The number of carbonyl (C=O) groups is 2. The Hall–Kier alpha value is -2.12. The number of urea groups is 1. The third kappa shape index (κ3) is 2.01. The first-order valence-electron chi connectivity index (χ1n) is 4.78. The van der Waals surface area contributed by atoms with Gasteiger partial charge in [0.15, 0.2) is 0 Å². The van der Waals surface area contributed by atoms with Crippen LogP contribution in [0.2, 0.25) is 0 Å². The van der Waals surface area contributed by atoms with Gasteiger partial charge in [0.25, 0.3) is 5.91 Å². The smallest absolute Gasteiger partial charge is 0.328 e. The Labute approximate surface area is 98.2 Å². The monoisotopic (exact) mass is 262 g/mol. The highest BCUT2D eigenvalue weighted by molar-refractivity contribution is 6.19. The van der Waals surface area contributed by atoms with Crippen LogP contribution in [0, 0.1) is 5.82 Å². The van der Waals surface area contributed by atoms with Crippen LogP contribution in [0.15, 0.2) is 18.2 Å². The Bertz CT molecular complexity index is 511. The van der Waals surface area contributed by atoms with Crippen molar-refractivity contribution < 1.29 is 27.2 Å². The van der Waals surface area contributed by atoms with Crippen molar-refractivity contribution >= 4 is 17.6 Å². The molecule has 1 heterocycles. The van der Waals surface area contributed by atoms with Crippen molar-refractivity contribution in [2.75, 3.05) is 11.4 Å². The van der Waals surface area contributed by atoms with E-state index in [0.717, 1.165) is 0 Å². The maximum absolute atomic E-state index is 13.4. The second-order valence-electron chi connectivity index (χ2n) is 3.55. The lowest BCUT2D eigenvalue weighted by Crippen LogP contribution is -2.31. The van der Waals surface area contributed by atoms with Crippen LogP contribution >= 0.6 is 0 Å². The van der Waals surface area contributed by atoms with Crippen molar-refractivity contribution in [3.8, 4) is 0 Å². The Kier molecular flexibility index (Phi) is 2.72. The van der Waals surface area contributed by atoms with E-state index in [0.29, 0.717) is 23.1 Å². The fourth-order valence-corrected chi connectivity index (χ4v) is 1.53. The fourth-order valence-electron chi connectivity index (χ4n) is 1.53. The summed E-state index contributed by atoms with van der Waals surface area (Å²) in [6.07, 6.45) is -4.68. The van der Waals surface area contributed by atoms with Crippen molar-refractivity contribution in [2.45, 2.75) is 6.18 Å². The van der Waals surface area contributed by atoms with Gasteiger partial charge in [-0.15, -0.1) is 0 Å². The minimum atomic E-state index is -4.68. The van der Waals surface area contributed by atoms with Gasteiger partial charge in [-0.05, 0) is 18.2 Å². The molecule has 3 amide bonds. The third-order valence-corrected chi connectivity index (χ3v) is 2.36. The Morgan fingerprint density at radius 2 is 1.89 bits per heavy atom. The van der Waals surface area contributed by atoms with Crippen LogP contribution in [-0.2, 0) is 11.0 Å². The molecule has 0 atom stereocenters. The number of rotatable bonds is 1. The van der Waals surface area contributed by atoms with E-state index in [1.54, 1.807) is 0 Å². The molecule has 96 valence electrons. The van der Waals surface area contributed by atoms with E-state index in [-0.39, 0.29) is 6.54 Å². The van der Waals surface area contributed by atoms with Gasteiger partial charge < -0.3 is 5.32 Å². The largest absolute Gasteiger partial charge is 0.416 e. The number of carbonyl (C=O) groups excluding carboxylic acids is 2. The zero-order valence-corrected chi connectivity index (χ0v) is 8.71. The fraction of sp³-hybridized carbons (Fsp3) is 0.200. The van der Waals surface area contributed by atoms with Crippen LogP contribution in [0.5, 0.6) is 0 Å². The summed E-state index contributed by atoms with van der Waals surface area (Å²) < 4.78 is 50.8. The molecule has 2 rings (SSSR count). The zero-order chi connectivity index (χ0) is 13.5. The van der Waals surface area contributed by atoms with Gasteiger partial charge in [0.1, 0.15) is 5.82 Å². The number of benzene rings is 1. The first-order valence-corrected chi connectivity index (χ1v) is 4.78. The summed E-state index contributed by atoms with van der Waals surface area (Å²) in [5, 5.41) is 2.09. The maximum atomic E-state index is 13.4. The molecule has 0 aliphatic carbocycles. The van der Waals surface area contributed by atoms with Gasteiger partial charge >= 0.3 is 12.2 Å². The van der Waals surface area contributed by atoms with Crippen molar-refractivity contribution in [3.05, 3.63) is 29.6 Å². The summed E-state index contributed by atoms with van der Waals surface area (Å²) in [4.78, 5) is 22.9. The van der Waals surface area contributed by atoms with Crippen LogP contribution < -0.4 is 10.2 Å². The molecule has 0 unspecified atom stereocenters. The van der Waals surface area contributed by atoms with E-state index in [2.05, 4.69) is 5.32 Å². The number of alkyl halides is 3. The molecule has 1 saturated heterocycles. The highest BCUT2D eigenvalue weighted by Crippen LogP contribution is 2.33. The minimum Gasteiger partial charge on any atom is -0.328 e. The first-order chi connectivity index (χ1) is 8.30. The first kappa shape index (κ1) is 12.3. The summed E-state index contributed by atoms with van der Waals surface area (Å²) in [5.74, 6) is -1.88. The molecule has 1 aliphatic heterocycles. The summed E-state index contributed by atoms with van der Waals surface area (Å²) >= 11 is 0. The SMILES string of the molecule is O=C1CNC(=O)N1c1cc(C(F)(F)F)ccc1F. The lowest BCUT2D eigenvalue weighted by atomic mass is 10.1. The predicted molar refractivity (Wildman–Crippen MR) is 52.3 cm³/mol. The molecule has 1 N–H and O–H groups in total. The zero-order valence-electron chi connectivity index (χ0n) is 8.71. The standard InChI is InChI=1S/C10H6F4N2O2/c11-6-2-1-5(10(12,13)14)3-7(6)16-8(17)4-15-9(16)18/h1-3H,4H2,(H,15,18). The lowest BCUT2D eigenvalue weighted by molar-refractivity contribution is -0.137. The quantitative estimate of drug-likeness (QED) is 0.620. The Morgan fingerprint density at radius 1 is 1.22 bits per heavy atom. The van der Waals surface area contributed by atoms with Gasteiger partial charge in [0, 0.05) is 0 Å². The molecule has 1 fully saturated rings. The van der Waals surface area contributed by atoms with Gasteiger partial charge in [-0.1, -0.05) is 0 Å². The number of halogens is 4. The average molecular weight is 262 g/mol. The molecular weight excluding hydrogens is 256 g/mol. The molecule has 0 bridgehead atoms. The second-order valence-corrected chi connectivity index (χ2v) is 3.55. The van der Waals surface area contributed by atoms with E-state index >= 15 is 0 Å². The van der Waals surface area contributed by atoms with Gasteiger partial charge in [-0.25, -0.2) is 14.1 Å². The normalized spacial score (nSPS) is 16.1. The number of hydrogen-bond donors (Lipinski definition) is 1. The number of imide groups is 1. The van der Waals surface area contributed by atoms with Gasteiger partial charge in [0.2, 0.25) is 0 Å². The van der Waals surface area contributed by atoms with Crippen LogP contribution in [0.25, 0.3) is 0 Å². The molecule has 0 radical (unpaired) electrons. The highest BCUT2D eigenvalue weighted by Gasteiger charge is 2.36. The third-order valence-electron chi connectivity index (χ3n) is 2.36. The molecule has 0 saturated carbocycles. The van der Waals surface area contributed by atoms with Crippen molar-refractivity contribution in [1.29, 1.82) is 0 Å². The van der Waals surface area contributed by atoms with E-state index in [1.807, 2.05) is 0 Å². The molecular formula is C10H6F4N2O2. The summed E-state index contributed by atoms with van der Waals surface area (Å²) in [6, 6.07) is 0.588. The topological polar surface area (TPSA) is 49.4 Å². The second kappa shape index (κ2) is 3.97. The Balaban J connectivity index is 2.50. The van der Waals surface area contributed by atoms with Crippen molar-refractivity contribution in [2.24, 2.45) is 0 Å². The molecule has 1 aromatic rings. The van der Waals surface area contributed by atoms with E-state index in [4.69, 9.17) is 0 Å². The van der Waals surface area contributed by atoms with Crippen LogP contribution in [0.1, 0.15) is 5.56 Å². The number of amides is 3. The molecule has 18 heavy (non-hydrogen) atoms. The lowest BCUT2D eigenvalue weighted by Gasteiger charge is -2.15. The van der Waals surface area contributed by atoms with Crippen LogP contribution in [0.3, 0.4) is 0 Å². The molecule has 1 aliphatic rings. The van der Waals surface area contributed by atoms with E-state index in [1.165, 1.54) is 0 Å². The maximum Gasteiger partial charge on any atom is 0.416 e. The number of nitrogens with one attached hydrogen (secondary N) is 1. The average Bonchev–Trinajstić information content (AvgIpc) is 2.58. The summed E-state index contributed by atoms with van der Waals surface area (Å²) in [6.45, 7) is -0.367. The number of anilines is 1. The van der Waals surface area contributed by atoms with Gasteiger partial charge in [-0.3, -0.25) is 4.79 Å². The van der Waals surface area contributed by atoms with Gasteiger partial charge in [-0.2, -0.15) is 13.2 Å². The molecule has 4 nitrogen and oxygen atoms in total. The molecule has 1 aromatic carbocycles. The molecule has 0 spiro atoms. The van der Waals surface area contributed by atoms with Crippen LogP contribution in [0.4, 0.5) is 28.0 Å². The van der Waals surface area contributed by atoms with E-state index < -0.39 is 35.2 Å². The molecule has 8 heteroatoms.